The number of rotatable bonds is 3. The van der Waals surface area contributed by atoms with Crippen molar-refractivity contribution in [3.05, 3.63) is 12.4 Å². The predicted molar refractivity (Wildman–Crippen MR) is 69.0 cm³/mol. The molecule has 1 atom stereocenters. The quantitative estimate of drug-likeness (QED) is 0.858. The lowest BCUT2D eigenvalue weighted by atomic mass is 10.2. The van der Waals surface area contributed by atoms with Gasteiger partial charge in [0.1, 0.15) is 11.9 Å². The number of carbonyl (C=O) groups is 1. The largest absolute Gasteiger partial charge is 0.480 e. The van der Waals surface area contributed by atoms with Gasteiger partial charge in [-0.3, -0.25) is 9.67 Å². The van der Waals surface area contributed by atoms with E-state index in [1.54, 1.807) is 19.3 Å². The molecule has 6 heteroatoms. The fourth-order valence-electron chi connectivity index (χ4n) is 1.87. The number of carboxylic acids is 1. The summed E-state index contributed by atoms with van der Waals surface area (Å²) in [4.78, 5) is 15.3. The van der Waals surface area contributed by atoms with Gasteiger partial charge in [-0.05, 0) is 19.8 Å². The Morgan fingerprint density at radius 1 is 1.50 bits per heavy atom. The molecule has 2 rings (SSSR count). The van der Waals surface area contributed by atoms with E-state index in [-0.39, 0.29) is 0 Å². The molecule has 1 aliphatic rings. The fraction of sp³-hybridized carbons (Fsp3) is 0.583. The van der Waals surface area contributed by atoms with Gasteiger partial charge in [0.2, 0.25) is 0 Å². The number of carboxylic acid groups (broad SMARTS) is 1. The number of hydrogen-bond acceptors (Lipinski definition) is 4. The van der Waals surface area contributed by atoms with Crippen LogP contribution in [0.5, 0.6) is 0 Å². The average Bonchev–Trinajstić information content (AvgIpc) is 2.64. The molecule has 6 nitrogen and oxygen atoms in total. The summed E-state index contributed by atoms with van der Waals surface area (Å²) in [5.41, 5.74) is 0.795. The Labute approximate surface area is 106 Å². The Morgan fingerprint density at radius 3 is 3.11 bits per heavy atom. The summed E-state index contributed by atoms with van der Waals surface area (Å²) in [5, 5.41) is 16.2. The van der Waals surface area contributed by atoms with Crippen LogP contribution in [0.3, 0.4) is 0 Å². The molecule has 1 aromatic rings. The number of nitrogens with zero attached hydrogens (tertiary/aromatic N) is 3. The Kier molecular flexibility index (Phi) is 3.96. The summed E-state index contributed by atoms with van der Waals surface area (Å²) in [6.45, 7) is 2.46. The van der Waals surface area contributed by atoms with Crippen LogP contribution in [0.1, 0.15) is 38.6 Å². The number of aliphatic carboxylic acids is 1. The Bertz CT molecular complexity index is 453. The summed E-state index contributed by atoms with van der Waals surface area (Å²) < 4.78 is 1.43. The lowest BCUT2D eigenvalue weighted by Gasteiger charge is -2.06. The minimum absolute atomic E-state index is 0.656. The van der Waals surface area contributed by atoms with E-state index >= 15 is 0 Å². The van der Waals surface area contributed by atoms with Crippen molar-refractivity contribution in [1.82, 2.24) is 9.78 Å². The van der Waals surface area contributed by atoms with Crippen LogP contribution in [0.4, 0.5) is 5.69 Å². The normalized spacial score (nSPS) is 17.7. The van der Waals surface area contributed by atoms with Gasteiger partial charge >= 0.3 is 5.97 Å². The maximum atomic E-state index is 10.8. The maximum Gasteiger partial charge on any atom is 0.328 e. The summed E-state index contributed by atoms with van der Waals surface area (Å²) >= 11 is 0. The number of aromatic nitrogens is 2. The van der Waals surface area contributed by atoms with Crippen LogP contribution in [0.25, 0.3) is 0 Å². The second kappa shape index (κ2) is 5.66. The molecule has 0 aromatic carbocycles. The Hall–Kier alpha value is -1.85. The number of nitrogens with one attached hydrogen (secondary N) is 1. The van der Waals surface area contributed by atoms with Crippen molar-refractivity contribution < 1.29 is 9.90 Å². The molecule has 1 aliphatic heterocycles. The Balaban J connectivity index is 2.01. The van der Waals surface area contributed by atoms with E-state index in [1.165, 1.54) is 11.1 Å². The molecule has 2 N–H and O–H groups in total. The smallest absolute Gasteiger partial charge is 0.328 e. The zero-order chi connectivity index (χ0) is 13.0. The highest BCUT2D eigenvalue weighted by molar-refractivity contribution is 5.95. The van der Waals surface area contributed by atoms with Crippen LogP contribution in [0, 0.1) is 0 Å². The van der Waals surface area contributed by atoms with Crippen LogP contribution in [-0.4, -0.2) is 33.2 Å². The van der Waals surface area contributed by atoms with Gasteiger partial charge in [-0.25, -0.2) is 4.79 Å². The molecule has 1 aromatic heterocycles. The van der Waals surface area contributed by atoms with Crippen LogP contribution < -0.4 is 5.32 Å². The third kappa shape index (κ3) is 3.09. The van der Waals surface area contributed by atoms with Gasteiger partial charge in [-0.15, -0.1) is 0 Å². The standard InChI is InChI=1S/C12H18N4O2/c1-9(12(17)18)16-8-10(7-14-16)15-11-5-3-2-4-6-13-11/h7-9H,2-6H2,1H3,(H,13,15)(H,17,18). The van der Waals surface area contributed by atoms with E-state index in [9.17, 15) is 4.79 Å². The van der Waals surface area contributed by atoms with Crippen molar-refractivity contribution in [2.24, 2.45) is 4.99 Å². The topological polar surface area (TPSA) is 79.5 Å². The summed E-state index contributed by atoms with van der Waals surface area (Å²) in [7, 11) is 0. The van der Waals surface area contributed by atoms with E-state index in [0.29, 0.717) is 0 Å². The van der Waals surface area contributed by atoms with Gasteiger partial charge in [0.15, 0.2) is 0 Å². The van der Waals surface area contributed by atoms with E-state index in [4.69, 9.17) is 5.11 Å². The zero-order valence-corrected chi connectivity index (χ0v) is 10.5. The molecule has 0 bridgehead atoms. The lowest BCUT2D eigenvalue weighted by molar-refractivity contribution is -0.140. The molecule has 0 saturated heterocycles. The van der Waals surface area contributed by atoms with Gasteiger partial charge in [-0.1, -0.05) is 6.42 Å². The monoisotopic (exact) mass is 250 g/mol. The van der Waals surface area contributed by atoms with Crippen molar-refractivity contribution in [3.63, 3.8) is 0 Å². The second-order valence-corrected chi connectivity index (χ2v) is 4.49. The van der Waals surface area contributed by atoms with Gasteiger partial charge in [0, 0.05) is 19.2 Å². The van der Waals surface area contributed by atoms with Gasteiger partial charge in [0.25, 0.3) is 0 Å². The first kappa shape index (κ1) is 12.6. The molecule has 1 unspecified atom stereocenters. The van der Waals surface area contributed by atoms with Crippen molar-refractivity contribution in [2.75, 3.05) is 11.9 Å². The van der Waals surface area contributed by atoms with E-state index in [2.05, 4.69) is 15.4 Å². The molecule has 0 amide bonds. The van der Waals surface area contributed by atoms with Crippen LogP contribution >= 0.6 is 0 Å². The molecule has 18 heavy (non-hydrogen) atoms. The molecular weight excluding hydrogens is 232 g/mol. The predicted octanol–water partition coefficient (Wildman–Crippen LogP) is 1.91. The third-order valence-electron chi connectivity index (χ3n) is 3.02. The summed E-state index contributed by atoms with van der Waals surface area (Å²) in [5.74, 6) is 0.0754. The third-order valence-corrected chi connectivity index (χ3v) is 3.02. The first-order valence-electron chi connectivity index (χ1n) is 6.24. The molecule has 0 aliphatic carbocycles. The van der Waals surface area contributed by atoms with Crippen LogP contribution in [0.2, 0.25) is 0 Å². The van der Waals surface area contributed by atoms with Crippen molar-refractivity contribution >= 4 is 17.5 Å². The molecule has 2 heterocycles. The molecule has 98 valence electrons. The molecule has 0 spiro atoms. The number of hydrogen-bond donors (Lipinski definition) is 2. The first-order valence-corrected chi connectivity index (χ1v) is 6.24. The van der Waals surface area contributed by atoms with Crippen molar-refractivity contribution in [2.45, 2.75) is 38.6 Å². The number of amidine groups is 1. The van der Waals surface area contributed by atoms with Gasteiger partial charge in [0.05, 0.1) is 11.9 Å². The fourth-order valence-corrected chi connectivity index (χ4v) is 1.87. The van der Waals surface area contributed by atoms with E-state index in [1.807, 2.05) is 0 Å². The minimum Gasteiger partial charge on any atom is -0.480 e. The molecular formula is C12H18N4O2. The summed E-state index contributed by atoms with van der Waals surface area (Å²) in [6, 6.07) is -0.656. The van der Waals surface area contributed by atoms with Crippen molar-refractivity contribution in [3.8, 4) is 0 Å². The highest BCUT2D eigenvalue weighted by atomic mass is 16.4. The van der Waals surface area contributed by atoms with E-state index < -0.39 is 12.0 Å². The second-order valence-electron chi connectivity index (χ2n) is 4.49. The SMILES string of the molecule is CC(C(=O)O)n1cc(NC2=NCCCCC2)cn1. The van der Waals surface area contributed by atoms with E-state index in [0.717, 1.165) is 37.3 Å². The van der Waals surface area contributed by atoms with Crippen molar-refractivity contribution in [1.29, 1.82) is 0 Å². The van der Waals surface area contributed by atoms with Gasteiger partial charge in [-0.2, -0.15) is 5.10 Å². The Morgan fingerprint density at radius 2 is 2.33 bits per heavy atom. The van der Waals surface area contributed by atoms with Gasteiger partial charge < -0.3 is 10.4 Å². The lowest BCUT2D eigenvalue weighted by Crippen LogP contribution is -2.16. The van der Waals surface area contributed by atoms with Crippen LogP contribution in [-0.2, 0) is 4.79 Å². The number of anilines is 1. The minimum atomic E-state index is -0.892. The molecule has 0 fully saturated rings. The maximum absolute atomic E-state index is 10.8. The first-order chi connectivity index (χ1) is 8.66. The zero-order valence-electron chi connectivity index (χ0n) is 10.5. The van der Waals surface area contributed by atoms with Crippen LogP contribution in [0.15, 0.2) is 17.4 Å². The highest BCUT2D eigenvalue weighted by Crippen LogP contribution is 2.14. The average molecular weight is 250 g/mol. The number of aliphatic imine (C=N–C) groups is 1. The molecule has 0 radical (unpaired) electrons. The molecule has 0 saturated carbocycles. The highest BCUT2D eigenvalue weighted by Gasteiger charge is 2.14. The summed E-state index contributed by atoms with van der Waals surface area (Å²) in [6.07, 6.45) is 7.77.